The number of hydrogen-bond donors (Lipinski definition) is 1. The van der Waals surface area contributed by atoms with Crippen LogP contribution in [0.15, 0.2) is 78.4 Å². The van der Waals surface area contributed by atoms with Gasteiger partial charge in [0, 0.05) is 11.3 Å². The summed E-state index contributed by atoms with van der Waals surface area (Å²) in [4.78, 5) is 27.9. The molecule has 34 heavy (non-hydrogen) atoms. The van der Waals surface area contributed by atoms with Gasteiger partial charge in [0.2, 0.25) is 0 Å². The molecule has 1 N–H and O–H groups in total. The largest absolute Gasteiger partial charge is 0.507 e. The van der Waals surface area contributed by atoms with Crippen molar-refractivity contribution >= 4 is 34.7 Å². The van der Waals surface area contributed by atoms with Crippen molar-refractivity contribution in [1.82, 2.24) is 0 Å². The molecule has 1 saturated heterocycles. The van der Waals surface area contributed by atoms with Gasteiger partial charge in [0.1, 0.15) is 17.3 Å². The summed E-state index contributed by atoms with van der Waals surface area (Å²) in [5, 5.41) is 11.5. The second-order valence-corrected chi connectivity index (χ2v) is 8.50. The zero-order chi connectivity index (χ0) is 24.4. The lowest BCUT2D eigenvalue weighted by Crippen LogP contribution is -2.29. The number of aliphatic hydroxyl groups excluding tert-OH is 1. The minimum Gasteiger partial charge on any atom is -0.507 e. The summed E-state index contributed by atoms with van der Waals surface area (Å²) in [5.74, 6) is -0.806. The number of anilines is 1. The van der Waals surface area contributed by atoms with E-state index in [0.29, 0.717) is 28.3 Å². The number of ketones is 1. The van der Waals surface area contributed by atoms with Crippen LogP contribution >= 0.6 is 11.6 Å². The first-order chi connectivity index (χ1) is 16.3. The molecule has 1 amide bonds. The van der Waals surface area contributed by atoms with E-state index in [1.54, 1.807) is 60.7 Å². The summed E-state index contributed by atoms with van der Waals surface area (Å²) in [6.07, 6.45) is -0.0582. The van der Waals surface area contributed by atoms with Gasteiger partial charge in [-0.15, -0.1) is 0 Å². The maximum absolute atomic E-state index is 13.3. The lowest BCUT2D eigenvalue weighted by molar-refractivity contribution is -0.132. The van der Waals surface area contributed by atoms with Crippen LogP contribution in [-0.4, -0.2) is 30.0 Å². The van der Waals surface area contributed by atoms with Crippen LogP contribution in [0, 0.1) is 0 Å². The minimum atomic E-state index is -0.862. The molecule has 0 spiro atoms. The van der Waals surface area contributed by atoms with Gasteiger partial charge in [0.05, 0.1) is 29.9 Å². The first kappa shape index (κ1) is 23.4. The van der Waals surface area contributed by atoms with E-state index < -0.39 is 17.7 Å². The van der Waals surface area contributed by atoms with Gasteiger partial charge in [0.25, 0.3) is 11.7 Å². The highest BCUT2D eigenvalue weighted by atomic mass is 35.5. The van der Waals surface area contributed by atoms with Crippen LogP contribution in [0.1, 0.15) is 31.0 Å². The van der Waals surface area contributed by atoms with Crippen molar-refractivity contribution in [3.8, 4) is 11.5 Å². The van der Waals surface area contributed by atoms with E-state index in [4.69, 9.17) is 21.1 Å². The summed E-state index contributed by atoms with van der Waals surface area (Å²) in [6, 6.07) is 19.9. The van der Waals surface area contributed by atoms with Gasteiger partial charge in [-0.2, -0.15) is 0 Å². The molecule has 1 heterocycles. The quantitative estimate of drug-likeness (QED) is 0.277. The van der Waals surface area contributed by atoms with Gasteiger partial charge in [0.15, 0.2) is 0 Å². The van der Waals surface area contributed by atoms with Crippen LogP contribution in [-0.2, 0) is 9.59 Å². The summed E-state index contributed by atoms with van der Waals surface area (Å²) in [5.41, 5.74) is 1.44. The fourth-order valence-electron chi connectivity index (χ4n) is 4.00. The zero-order valence-electron chi connectivity index (χ0n) is 19.0. The number of para-hydroxylation sites is 1. The maximum Gasteiger partial charge on any atom is 0.300 e. The molecule has 1 unspecified atom stereocenters. The Morgan fingerprint density at radius 2 is 1.74 bits per heavy atom. The molecular weight excluding hydrogens is 454 g/mol. The summed E-state index contributed by atoms with van der Waals surface area (Å²) >= 11 is 6.25. The molecule has 0 bridgehead atoms. The summed E-state index contributed by atoms with van der Waals surface area (Å²) < 4.78 is 11.0. The Labute approximate surface area is 203 Å². The number of halogens is 1. The molecule has 0 radical (unpaired) electrons. The topological polar surface area (TPSA) is 76.1 Å². The standard InChI is InChI=1S/C27H24ClNO5/c1-16(2)34-20-11-7-8-17(14-20)24-23(25(30)18-12-13-22(33-3)21(28)15-18)26(31)27(32)29(24)19-9-5-4-6-10-19/h4-16,24,30H,1-3H3/b25-23+. The van der Waals surface area contributed by atoms with Crippen molar-refractivity contribution in [3.05, 3.63) is 94.5 Å². The van der Waals surface area contributed by atoms with Gasteiger partial charge in [-0.05, 0) is 61.9 Å². The Bertz CT molecular complexity index is 1270. The lowest BCUT2D eigenvalue weighted by atomic mass is 9.95. The van der Waals surface area contributed by atoms with Gasteiger partial charge in [-0.3, -0.25) is 14.5 Å². The highest BCUT2D eigenvalue weighted by molar-refractivity contribution is 6.51. The summed E-state index contributed by atoms with van der Waals surface area (Å²) in [7, 11) is 1.48. The highest BCUT2D eigenvalue weighted by Crippen LogP contribution is 2.43. The van der Waals surface area contributed by atoms with Crippen molar-refractivity contribution in [1.29, 1.82) is 0 Å². The number of rotatable bonds is 6. The van der Waals surface area contributed by atoms with Crippen LogP contribution < -0.4 is 14.4 Å². The zero-order valence-corrected chi connectivity index (χ0v) is 19.7. The van der Waals surface area contributed by atoms with Crippen molar-refractivity contribution < 1.29 is 24.2 Å². The number of carbonyl (C=O) groups excluding carboxylic acids is 2. The number of aliphatic hydroxyl groups is 1. The van der Waals surface area contributed by atoms with Crippen LogP contribution in [0.5, 0.6) is 11.5 Å². The van der Waals surface area contributed by atoms with Gasteiger partial charge < -0.3 is 14.6 Å². The molecular formula is C27H24ClNO5. The molecule has 1 aliphatic heterocycles. The monoisotopic (exact) mass is 477 g/mol. The van der Waals surface area contributed by atoms with Crippen LogP contribution in [0.2, 0.25) is 5.02 Å². The fourth-order valence-corrected chi connectivity index (χ4v) is 4.26. The first-order valence-electron chi connectivity index (χ1n) is 10.8. The van der Waals surface area contributed by atoms with Gasteiger partial charge >= 0.3 is 0 Å². The second kappa shape index (κ2) is 9.61. The smallest absolute Gasteiger partial charge is 0.300 e. The molecule has 1 aliphatic rings. The molecule has 3 aromatic rings. The van der Waals surface area contributed by atoms with Crippen LogP contribution in [0.4, 0.5) is 5.69 Å². The molecule has 1 atom stereocenters. The number of carbonyl (C=O) groups is 2. The molecule has 174 valence electrons. The number of ether oxygens (including phenoxy) is 2. The third-order valence-corrected chi connectivity index (χ3v) is 5.75. The number of methoxy groups -OCH3 is 1. The van der Waals surface area contributed by atoms with Crippen molar-refractivity contribution in [2.45, 2.75) is 26.0 Å². The van der Waals surface area contributed by atoms with E-state index >= 15 is 0 Å². The van der Waals surface area contributed by atoms with Gasteiger partial charge in [-0.25, -0.2) is 0 Å². The fraction of sp³-hybridized carbons (Fsp3) is 0.185. The third kappa shape index (κ3) is 4.37. The Morgan fingerprint density at radius 3 is 2.38 bits per heavy atom. The lowest BCUT2D eigenvalue weighted by Gasteiger charge is -2.26. The average Bonchev–Trinajstić information content (AvgIpc) is 3.09. The number of hydrogen-bond acceptors (Lipinski definition) is 5. The summed E-state index contributed by atoms with van der Waals surface area (Å²) in [6.45, 7) is 3.83. The Hall–Kier alpha value is -3.77. The van der Waals surface area contributed by atoms with E-state index in [0.717, 1.165) is 0 Å². The molecule has 0 aromatic heterocycles. The normalized spacial score (nSPS) is 17.3. The number of amides is 1. The minimum absolute atomic E-state index is 0.0308. The van der Waals surface area contributed by atoms with E-state index in [9.17, 15) is 14.7 Å². The van der Waals surface area contributed by atoms with E-state index in [1.165, 1.54) is 18.1 Å². The Balaban J connectivity index is 1.92. The molecule has 1 fully saturated rings. The molecule has 4 rings (SSSR count). The van der Waals surface area contributed by atoms with Crippen LogP contribution in [0.3, 0.4) is 0 Å². The van der Waals surface area contributed by atoms with Crippen molar-refractivity contribution in [2.75, 3.05) is 12.0 Å². The molecule has 0 aliphatic carbocycles. The molecule has 7 heteroatoms. The van der Waals surface area contributed by atoms with E-state index in [-0.39, 0.29) is 22.5 Å². The maximum atomic E-state index is 13.3. The second-order valence-electron chi connectivity index (χ2n) is 8.09. The Kier molecular flexibility index (Phi) is 6.61. The predicted molar refractivity (Wildman–Crippen MR) is 131 cm³/mol. The number of Topliss-reactive ketones (excluding diaryl/α,β-unsaturated/α-hetero) is 1. The number of benzene rings is 3. The average molecular weight is 478 g/mol. The van der Waals surface area contributed by atoms with Gasteiger partial charge in [-0.1, -0.05) is 41.9 Å². The molecule has 6 nitrogen and oxygen atoms in total. The third-order valence-electron chi connectivity index (χ3n) is 5.45. The van der Waals surface area contributed by atoms with E-state index in [1.807, 2.05) is 19.9 Å². The van der Waals surface area contributed by atoms with Crippen molar-refractivity contribution in [2.24, 2.45) is 0 Å². The van der Waals surface area contributed by atoms with Crippen LogP contribution in [0.25, 0.3) is 5.76 Å². The molecule has 0 saturated carbocycles. The highest BCUT2D eigenvalue weighted by Gasteiger charge is 2.47. The SMILES string of the molecule is COc1ccc(/C(O)=C2\C(=O)C(=O)N(c3ccccc3)C2c2cccc(OC(C)C)c2)cc1Cl. The first-order valence-corrected chi connectivity index (χ1v) is 11.2. The number of nitrogens with zero attached hydrogens (tertiary/aromatic N) is 1. The predicted octanol–water partition coefficient (Wildman–Crippen LogP) is 5.76. The van der Waals surface area contributed by atoms with E-state index in [2.05, 4.69) is 0 Å². The molecule has 3 aromatic carbocycles. The van der Waals surface area contributed by atoms with Crippen molar-refractivity contribution in [3.63, 3.8) is 0 Å². The Morgan fingerprint density at radius 1 is 1.00 bits per heavy atom.